The van der Waals surface area contributed by atoms with Crippen molar-refractivity contribution in [3.8, 4) is 17.5 Å². The number of hydrogen-bond acceptors (Lipinski definition) is 5. The first kappa shape index (κ1) is 12.5. The van der Waals surface area contributed by atoms with E-state index in [1.54, 1.807) is 0 Å². The number of aromatic nitrogens is 2. The highest BCUT2D eigenvalue weighted by Crippen LogP contribution is 2.18. The van der Waals surface area contributed by atoms with Gasteiger partial charge in [0.05, 0.1) is 6.07 Å². The first-order valence-corrected chi connectivity index (χ1v) is 5.49. The fourth-order valence-electron chi connectivity index (χ4n) is 1.52. The van der Waals surface area contributed by atoms with Gasteiger partial charge in [-0.1, -0.05) is 30.3 Å². The van der Waals surface area contributed by atoms with Gasteiger partial charge < -0.3 is 10.4 Å². The fraction of sp³-hybridized carbons (Fsp3) is 0.0769. The molecule has 0 saturated carbocycles. The zero-order chi connectivity index (χ0) is 13.7. The average Bonchev–Trinajstić information content (AvgIpc) is 2.45. The third-order valence-electron chi connectivity index (χ3n) is 2.39. The first-order chi connectivity index (χ1) is 9.22. The van der Waals surface area contributed by atoms with Gasteiger partial charge in [-0.25, -0.2) is 14.8 Å². The molecule has 0 bridgehead atoms. The van der Waals surface area contributed by atoms with Crippen LogP contribution in [0.5, 0.6) is 0 Å². The van der Waals surface area contributed by atoms with E-state index >= 15 is 0 Å². The van der Waals surface area contributed by atoms with Crippen LogP contribution in [0.3, 0.4) is 0 Å². The van der Waals surface area contributed by atoms with E-state index < -0.39 is 5.97 Å². The molecule has 6 heteroatoms. The molecule has 2 aromatic rings. The number of hydrogen-bond donors (Lipinski definition) is 2. The molecule has 2 N–H and O–H groups in total. The van der Waals surface area contributed by atoms with Gasteiger partial charge in [-0.15, -0.1) is 0 Å². The highest BCUT2D eigenvalue weighted by Gasteiger charge is 2.13. The van der Waals surface area contributed by atoms with Crippen molar-refractivity contribution in [2.24, 2.45) is 0 Å². The van der Waals surface area contributed by atoms with E-state index in [9.17, 15) is 4.79 Å². The Balaban J connectivity index is 2.44. The summed E-state index contributed by atoms with van der Waals surface area (Å²) in [5.74, 6) is -0.589. The second-order valence-electron chi connectivity index (χ2n) is 3.64. The van der Waals surface area contributed by atoms with Gasteiger partial charge in [0, 0.05) is 11.8 Å². The van der Waals surface area contributed by atoms with E-state index in [1.807, 2.05) is 36.4 Å². The standard InChI is InChI=1S/C13H10N4O2/c14-6-7-15-12-10(13(18)19)8-16-11(17-12)9-4-2-1-3-5-9/h1-5,8H,7H2,(H,18,19)(H,15,16,17). The van der Waals surface area contributed by atoms with Gasteiger partial charge in [-0.2, -0.15) is 5.26 Å². The van der Waals surface area contributed by atoms with Crippen LogP contribution in [-0.2, 0) is 0 Å². The van der Waals surface area contributed by atoms with Crippen molar-refractivity contribution >= 4 is 11.8 Å². The molecule has 94 valence electrons. The van der Waals surface area contributed by atoms with Crippen LogP contribution >= 0.6 is 0 Å². The molecule has 0 saturated heterocycles. The summed E-state index contributed by atoms with van der Waals surface area (Å²) in [4.78, 5) is 19.2. The first-order valence-electron chi connectivity index (χ1n) is 5.49. The number of carboxylic acid groups (broad SMARTS) is 1. The number of anilines is 1. The minimum atomic E-state index is -1.14. The highest BCUT2D eigenvalue weighted by atomic mass is 16.4. The van der Waals surface area contributed by atoms with Gasteiger partial charge in [0.25, 0.3) is 0 Å². The summed E-state index contributed by atoms with van der Waals surface area (Å²) in [7, 11) is 0. The van der Waals surface area contributed by atoms with Crippen LogP contribution in [-0.4, -0.2) is 27.6 Å². The molecule has 0 atom stereocenters. The molecule has 0 amide bonds. The van der Waals surface area contributed by atoms with Gasteiger partial charge in [-0.3, -0.25) is 0 Å². The lowest BCUT2D eigenvalue weighted by Crippen LogP contribution is -2.10. The zero-order valence-electron chi connectivity index (χ0n) is 9.87. The summed E-state index contributed by atoms with van der Waals surface area (Å²) in [5.41, 5.74) is 0.717. The second kappa shape index (κ2) is 5.60. The fourth-order valence-corrected chi connectivity index (χ4v) is 1.52. The molecule has 0 aliphatic rings. The number of nitrogens with zero attached hydrogens (tertiary/aromatic N) is 3. The minimum Gasteiger partial charge on any atom is -0.477 e. The molecule has 1 aromatic heterocycles. The van der Waals surface area contributed by atoms with Crippen LogP contribution in [0.15, 0.2) is 36.5 Å². The number of nitrogens with one attached hydrogen (secondary N) is 1. The number of benzene rings is 1. The Morgan fingerprint density at radius 3 is 2.74 bits per heavy atom. The largest absolute Gasteiger partial charge is 0.477 e. The van der Waals surface area contributed by atoms with E-state index in [1.165, 1.54) is 6.20 Å². The van der Waals surface area contributed by atoms with Crippen LogP contribution in [0.2, 0.25) is 0 Å². The molecule has 0 aliphatic heterocycles. The number of carbonyl (C=O) groups is 1. The van der Waals surface area contributed by atoms with Gasteiger partial charge in [0.2, 0.25) is 0 Å². The molecular weight excluding hydrogens is 244 g/mol. The lowest BCUT2D eigenvalue weighted by atomic mass is 10.2. The van der Waals surface area contributed by atoms with Crippen molar-refractivity contribution in [1.82, 2.24) is 9.97 Å². The van der Waals surface area contributed by atoms with E-state index in [-0.39, 0.29) is 17.9 Å². The second-order valence-corrected chi connectivity index (χ2v) is 3.64. The molecule has 19 heavy (non-hydrogen) atoms. The maximum absolute atomic E-state index is 11.0. The highest BCUT2D eigenvalue weighted by molar-refractivity contribution is 5.93. The maximum atomic E-state index is 11.0. The third kappa shape index (κ3) is 2.84. The van der Waals surface area contributed by atoms with Crippen LogP contribution in [0.1, 0.15) is 10.4 Å². The molecular formula is C13H10N4O2. The lowest BCUT2D eigenvalue weighted by Gasteiger charge is -2.07. The van der Waals surface area contributed by atoms with Gasteiger partial charge in [0.1, 0.15) is 17.9 Å². The third-order valence-corrected chi connectivity index (χ3v) is 2.39. The predicted octanol–water partition coefficient (Wildman–Crippen LogP) is 1.78. The Labute approximate surface area is 109 Å². The summed E-state index contributed by atoms with van der Waals surface area (Å²) in [6.45, 7) is -0.0223. The molecule has 6 nitrogen and oxygen atoms in total. The van der Waals surface area contributed by atoms with Gasteiger partial charge in [-0.05, 0) is 0 Å². The summed E-state index contributed by atoms with van der Waals surface area (Å²) < 4.78 is 0. The SMILES string of the molecule is N#CCNc1nc(-c2ccccc2)ncc1C(=O)O. The number of nitriles is 1. The topological polar surface area (TPSA) is 98.9 Å². The Morgan fingerprint density at radius 2 is 2.11 bits per heavy atom. The van der Waals surface area contributed by atoms with Crippen LogP contribution in [0, 0.1) is 11.3 Å². The van der Waals surface area contributed by atoms with Crippen molar-refractivity contribution in [3.05, 3.63) is 42.1 Å². The molecule has 2 rings (SSSR count). The molecule has 0 aliphatic carbocycles. The Bertz CT molecular complexity index is 635. The molecule has 1 aromatic carbocycles. The Hall–Kier alpha value is -2.94. The average molecular weight is 254 g/mol. The summed E-state index contributed by atoms with van der Waals surface area (Å²) >= 11 is 0. The summed E-state index contributed by atoms with van der Waals surface area (Å²) in [5, 5.41) is 20.2. The van der Waals surface area contributed by atoms with Crippen molar-refractivity contribution in [2.45, 2.75) is 0 Å². The smallest absolute Gasteiger partial charge is 0.341 e. The monoisotopic (exact) mass is 254 g/mol. The Kier molecular flexibility index (Phi) is 3.69. The zero-order valence-corrected chi connectivity index (χ0v) is 9.87. The quantitative estimate of drug-likeness (QED) is 0.807. The van der Waals surface area contributed by atoms with Gasteiger partial charge in [0.15, 0.2) is 5.82 Å². The molecule has 1 heterocycles. The lowest BCUT2D eigenvalue weighted by molar-refractivity contribution is 0.0697. The van der Waals surface area contributed by atoms with Crippen LogP contribution in [0.25, 0.3) is 11.4 Å². The van der Waals surface area contributed by atoms with Crippen molar-refractivity contribution in [2.75, 3.05) is 11.9 Å². The molecule has 0 radical (unpaired) electrons. The normalized spacial score (nSPS) is 9.63. The van der Waals surface area contributed by atoms with E-state index in [0.717, 1.165) is 5.56 Å². The summed E-state index contributed by atoms with van der Waals surface area (Å²) in [6.07, 6.45) is 1.23. The van der Waals surface area contributed by atoms with Crippen molar-refractivity contribution in [3.63, 3.8) is 0 Å². The van der Waals surface area contributed by atoms with Crippen molar-refractivity contribution in [1.29, 1.82) is 5.26 Å². The van der Waals surface area contributed by atoms with E-state index in [0.29, 0.717) is 5.82 Å². The van der Waals surface area contributed by atoms with Crippen LogP contribution in [0.4, 0.5) is 5.82 Å². The molecule has 0 fully saturated rings. The predicted molar refractivity (Wildman–Crippen MR) is 68.5 cm³/mol. The maximum Gasteiger partial charge on any atom is 0.341 e. The Morgan fingerprint density at radius 1 is 1.37 bits per heavy atom. The van der Waals surface area contributed by atoms with Gasteiger partial charge >= 0.3 is 5.97 Å². The van der Waals surface area contributed by atoms with Crippen LogP contribution < -0.4 is 5.32 Å². The minimum absolute atomic E-state index is 0.0223. The number of aromatic carboxylic acids is 1. The number of carboxylic acids is 1. The summed E-state index contributed by atoms with van der Waals surface area (Å²) in [6, 6.07) is 11.1. The van der Waals surface area contributed by atoms with E-state index in [4.69, 9.17) is 10.4 Å². The van der Waals surface area contributed by atoms with Crippen molar-refractivity contribution < 1.29 is 9.90 Å². The van der Waals surface area contributed by atoms with E-state index in [2.05, 4.69) is 15.3 Å². The number of rotatable bonds is 4. The molecule has 0 unspecified atom stereocenters. The molecule has 0 spiro atoms.